The zero-order chi connectivity index (χ0) is 18.6. The molecule has 3 N–H and O–H groups in total. The number of anilines is 2. The van der Waals surface area contributed by atoms with Gasteiger partial charge in [-0.3, -0.25) is 4.79 Å². The summed E-state index contributed by atoms with van der Waals surface area (Å²) in [5.74, 6) is -1.56. The van der Waals surface area contributed by atoms with E-state index in [9.17, 15) is 22.8 Å². The van der Waals surface area contributed by atoms with Gasteiger partial charge in [-0.25, -0.2) is 4.79 Å². The van der Waals surface area contributed by atoms with Crippen LogP contribution < -0.4 is 11.1 Å². The molecule has 25 heavy (non-hydrogen) atoms. The Kier molecular flexibility index (Phi) is 5.31. The number of amides is 1. The van der Waals surface area contributed by atoms with Gasteiger partial charge in [-0.15, -0.1) is 0 Å². The van der Waals surface area contributed by atoms with Crippen molar-refractivity contribution in [3.05, 3.63) is 59.7 Å². The molecule has 0 aliphatic rings. The lowest BCUT2D eigenvalue weighted by Gasteiger charge is -2.15. The largest absolute Gasteiger partial charge is 0.449 e. The first-order valence-electron chi connectivity index (χ1n) is 7.22. The molecule has 0 aromatic heterocycles. The Morgan fingerprint density at radius 1 is 1.12 bits per heavy atom. The molecular weight excluding hydrogens is 337 g/mol. The first-order valence-corrected chi connectivity index (χ1v) is 7.22. The summed E-state index contributed by atoms with van der Waals surface area (Å²) in [7, 11) is 0. The Bertz CT molecular complexity index is 776. The van der Waals surface area contributed by atoms with Gasteiger partial charge in [-0.1, -0.05) is 18.2 Å². The van der Waals surface area contributed by atoms with Crippen LogP contribution in [0.15, 0.2) is 48.5 Å². The van der Waals surface area contributed by atoms with E-state index in [1.54, 1.807) is 30.3 Å². The van der Waals surface area contributed by atoms with E-state index in [2.05, 4.69) is 5.32 Å². The highest BCUT2D eigenvalue weighted by Crippen LogP contribution is 2.31. The standard InChI is InChI=1S/C17H15F3N2O3/c1-10(15(23)22-12-5-3-2-4-6-12)25-16(24)13-8-7-11(9-14(13)21)17(18,19)20/h2-10H,21H2,1H3,(H,22,23)/t10-/m1/s1. The Labute approximate surface area is 141 Å². The number of para-hydroxylation sites is 1. The van der Waals surface area contributed by atoms with Crippen molar-refractivity contribution >= 4 is 23.3 Å². The normalized spacial score (nSPS) is 12.3. The molecule has 0 bridgehead atoms. The first-order chi connectivity index (χ1) is 11.7. The summed E-state index contributed by atoms with van der Waals surface area (Å²) in [5.41, 5.74) is 4.41. The first kappa shape index (κ1) is 18.3. The third-order valence-corrected chi connectivity index (χ3v) is 3.29. The molecule has 0 spiro atoms. The molecule has 1 atom stereocenters. The number of hydrogen-bond donors (Lipinski definition) is 2. The molecule has 5 nitrogen and oxygen atoms in total. The summed E-state index contributed by atoms with van der Waals surface area (Å²) in [6.45, 7) is 1.34. The van der Waals surface area contributed by atoms with Gasteiger partial charge in [0.05, 0.1) is 11.1 Å². The third kappa shape index (κ3) is 4.72. The Balaban J connectivity index is 2.05. The van der Waals surface area contributed by atoms with Crippen LogP contribution in [0.2, 0.25) is 0 Å². The van der Waals surface area contributed by atoms with Crippen molar-refractivity contribution in [3.8, 4) is 0 Å². The summed E-state index contributed by atoms with van der Waals surface area (Å²) >= 11 is 0. The molecular formula is C17H15F3N2O3. The second-order valence-electron chi connectivity index (χ2n) is 5.20. The number of nitrogens with two attached hydrogens (primary N) is 1. The molecule has 0 aliphatic carbocycles. The molecule has 0 radical (unpaired) electrons. The van der Waals surface area contributed by atoms with Gasteiger partial charge in [0.25, 0.3) is 5.91 Å². The van der Waals surface area contributed by atoms with Crippen molar-refractivity contribution in [1.82, 2.24) is 0 Å². The lowest BCUT2D eigenvalue weighted by molar-refractivity contribution is -0.137. The topological polar surface area (TPSA) is 81.4 Å². The number of benzene rings is 2. The number of esters is 1. The zero-order valence-corrected chi connectivity index (χ0v) is 13.1. The highest BCUT2D eigenvalue weighted by Gasteiger charge is 2.31. The van der Waals surface area contributed by atoms with Gasteiger partial charge in [0.1, 0.15) is 0 Å². The Hall–Kier alpha value is -3.03. The molecule has 0 fully saturated rings. The summed E-state index contributed by atoms with van der Waals surface area (Å²) < 4.78 is 42.8. The van der Waals surface area contributed by atoms with Gasteiger partial charge >= 0.3 is 12.1 Å². The van der Waals surface area contributed by atoms with E-state index in [1.165, 1.54) is 6.92 Å². The van der Waals surface area contributed by atoms with E-state index in [0.717, 1.165) is 12.1 Å². The summed E-state index contributed by atoms with van der Waals surface area (Å²) in [4.78, 5) is 24.0. The minimum Gasteiger partial charge on any atom is -0.449 e. The van der Waals surface area contributed by atoms with Gasteiger partial charge in [-0.05, 0) is 37.3 Å². The molecule has 1 amide bonds. The van der Waals surface area contributed by atoms with Gasteiger partial charge in [0.15, 0.2) is 6.10 Å². The molecule has 2 aromatic carbocycles. The van der Waals surface area contributed by atoms with E-state index in [4.69, 9.17) is 10.5 Å². The Morgan fingerprint density at radius 3 is 2.32 bits per heavy atom. The molecule has 0 saturated carbocycles. The number of carbonyl (C=O) groups is 2. The van der Waals surface area contributed by atoms with Crippen LogP contribution in [-0.2, 0) is 15.7 Å². The number of carbonyl (C=O) groups excluding carboxylic acids is 2. The lowest BCUT2D eigenvalue weighted by Crippen LogP contribution is -2.30. The molecule has 0 unspecified atom stereocenters. The fourth-order valence-corrected chi connectivity index (χ4v) is 1.97. The highest BCUT2D eigenvalue weighted by molar-refractivity contribution is 5.99. The van der Waals surface area contributed by atoms with Crippen molar-refractivity contribution in [2.75, 3.05) is 11.1 Å². The van der Waals surface area contributed by atoms with Crippen molar-refractivity contribution in [2.24, 2.45) is 0 Å². The van der Waals surface area contributed by atoms with Crippen LogP contribution in [0, 0.1) is 0 Å². The number of hydrogen-bond acceptors (Lipinski definition) is 4. The van der Waals surface area contributed by atoms with E-state index in [0.29, 0.717) is 11.8 Å². The average Bonchev–Trinajstić information content (AvgIpc) is 2.54. The van der Waals surface area contributed by atoms with E-state index >= 15 is 0 Å². The quantitative estimate of drug-likeness (QED) is 0.652. The summed E-state index contributed by atoms with van der Waals surface area (Å²) in [6, 6.07) is 10.8. The maximum atomic E-state index is 12.6. The van der Waals surface area contributed by atoms with Gasteiger partial charge in [0, 0.05) is 11.4 Å². The lowest BCUT2D eigenvalue weighted by atomic mass is 10.1. The maximum Gasteiger partial charge on any atom is 0.416 e. The molecule has 0 saturated heterocycles. The Morgan fingerprint density at radius 2 is 1.76 bits per heavy atom. The number of ether oxygens (including phenoxy) is 1. The van der Waals surface area contributed by atoms with Crippen LogP contribution in [0.5, 0.6) is 0 Å². The van der Waals surface area contributed by atoms with Crippen LogP contribution in [0.1, 0.15) is 22.8 Å². The van der Waals surface area contributed by atoms with Crippen LogP contribution in [0.25, 0.3) is 0 Å². The molecule has 2 aromatic rings. The number of halogens is 3. The number of alkyl halides is 3. The number of nitrogens with one attached hydrogen (secondary N) is 1. The molecule has 8 heteroatoms. The second-order valence-corrected chi connectivity index (χ2v) is 5.20. The van der Waals surface area contributed by atoms with Crippen LogP contribution in [0.3, 0.4) is 0 Å². The summed E-state index contributed by atoms with van der Waals surface area (Å²) in [6.07, 6.45) is -5.73. The van der Waals surface area contributed by atoms with Gasteiger partial charge < -0.3 is 15.8 Å². The van der Waals surface area contributed by atoms with Crippen molar-refractivity contribution in [1.29, 1.82) is 0 Å². The van der Waals surface area contributed by atoms with Crippen molar-refractivity contribution in [3.63, 3.8) is 0 Å². The van der Waals surface area contributed by atoms with E-state index in [-0.39, 0.29) is 11.3 Å². The molecule has 0 aliphatic heterocycles. The van der Waals surface area contributed by atoms with E-state index in [1.807, 2.05) is 0 Å². The molecule has 132 valence electrons. The number of rotatable bonds is 4. The van der Waals surface area contributed by atoms with Crippen LogP contribution in [0.4, 0.5) is 24.5 Å². The average molecular weight is 352 g/mol. The minimum atomic E-state index is -4.57. The third-order valence-electron chi connectivity index (χ3n) is 3.29. The van der Waals surface area contributed by atoms with Crippen LogP contribution >= 0.6 is 0 Å². The van der Waals surface area contributed by atoms with Crippen molar-refractivity contribution < 1.29 is 27.5 Å². The van der Waals surface area contributed by atoms with Gasteiger partial charge in [-0.2, -0.15) is 13.2 Å². The number of nitrogen functional groups attached to an aromatic ring is 1. The fourth-order valence-electron chi connectivity index (χ4n) is 1.97. The predicted octanol–water partition coefficient (Wildman–Crippen LogP) is 3.47. The SMILES string of the molecule is C[C@@H](OC(=O)c1ccc(C(F)(F)F)cc1N)C(=O)Nc1ccccc1. The maximum absolute atomic E-state index is 12.6. The predicted molar refractivity (Wildman–Crippen MR) is 85.8 cm³/mol. The highest BCUT2D eigenvalue weighted by atomic mass is 19.4. The monoisotopic (exact) mass is 352 g/mol. The second kappa shape index (κ2) is 7.25. The summed E-state index contributed by atoms with van der Waals surface area (Å²) in [5, 5.41) is 2.55. The zero-order valence-electron chi connectivity index (χ0n) is 13.1. The fraction of sp³-hybridized carbons (Fsp3) is 0.176. The van der Waals surface area contributed by atoms with Crippen molar-refractivity contribution in [2.45, 2.75) is 19.2 Å². The molecule has 0 heterocycles. The minimum absolute atomic E-state index is 0.243. The van der Waals surface area contributed by atoms with Crippen LogP contribution in [-0.4, -0.2) is 18.0 Å². The smallest absolute Gasteiger partial charge is 0.416 e. The van der Waals surface area contributed by atoms with Gasteiger partial charge in [0.2, 0.25) is 0 Å². The van der Waals surface area contributed by atoms with E-state index < -0.39 is 29.7 Å². The molecule has 2 rings (SSSR count).